The van der Waals surface area contributed by atoms with Crippen LogP contribution >= 0.6 is 0 Å². The van der Waals surface area contributed by atoms with Crippen molar-refractivity contribution in [3.8, 4) is 5.75 Å². The van der Waals surface area contributed by atoms with E-state index in [-0.39, 0.29) is 12.2 Å². The molecule has 1 aromatic rings. The van der Waals surface area contributed by atoms with E-state index in [2.05, 4.69) is 23.6 Å². The number of carbonyl (C=O) groups excluding carboxylic acids is 1. The number of rotatable bonds is 7. The van der Waals surface area contributed by atoms with Crippen molar-refractivity contribution in [2.75, 3.05) is 26.2 Å². The molecule has 1 saturated heterocycles. The quantitative estimate of drug-likeness (QED) is 0.553. The Balaban J connectivity index is 1.90. The maximum atomic E-state index is 11.8. The molecule has 156 valence electrons. The van der Waals surface area contributed by atoms with Gasteiger partial charge in [0.25, 0.3) is 0 Å². The lowest BCUT2D eigenvalue weighted by Crippen LogP contribution is -2.49. The summed E-state index contributed by atoms with van der Waals surface area (Å²) in [5, 5.41) is 6.80. The molecule has 2 rings (SSSR count). The van der Waals surface area contributed by atoms with Gasteiger partial charge in [-0.1, -0.05) is 12.1 Å². The van der Waals surface area contributed by atoms with Crippen molar-refractivity contribution >= 4 is 12.1 Å². The molecule has 2 N–H and O–H groups in total. The summed E-state index contributed by atoms with van der Waals surface area (Å²) in [5.74, 6) is 1.67. The molecule has 1 aromatic carbocycles. The average Bonchev–Trinajstić information content (AvgIpc) is 2.67. The third-order valence-electron chi connectivity index (χ3n) is 4.40. The Bertz CT molecular complexity index is 640. The zero-order valence-electron chi connectivity index (χ0n) is 17.5. The van der Waals surface area contributed by atoms with Gasteiger partial charge in [0.2, 0.25) is 0 Å². The zero-order chi connectivity index (χ0) is 20.4. The number of likely N-dealkylation sites (tertiary alicyclic amines) is 1. The van der Waals surface area contributed by atoms with Crippen molar-refractivity contribution in [1.82, 2.24) is 15.5 Å². The fraction of sp³-hybridized carbons (Fsp3) is 0.619. The Morgan fingerprint density at radius 3 is 2.68 bits per heavy atom. The van der Waals surface area contributed by atoms with Crippen molar-refractivity contribution in [2.45, 2.75) is 59.2 Å². The molecule has 0 aliphatic carbocycles. The van der Waals surface area contributed by atoms with Gasteiger partial charge in [0.15, 0.2) is 5.96 Å². The van der Waals surface area contributed by atoms with E-state index in [0.717, 1.165) is 36.7 Å². The molecule has 7 heteroatoms. The number of benzene rings is 1. The normalized spacial score (nSPS) is 15.5. The number of carbonyl (C=O) groups is 1. The Kier molecular flexibility index (Phi) is 8.91. The summed E-state index contributed by atoms with van der Waals surface area (Å²) in [6.45, 7) is 11.1. The zero-order valence-corrected chi connectivity index (χ0v) is 17.5. The number of hydrogen-bond acceptors (Lipinski definition) is 4. The van der Waals surface area contributed by atoms with E-state index in [4.69, 9.17) is 14.5 Å². The van der Waals surface area contributed by atoms with Crippen LogP contribution in [0.15, 0.2) is 29.3 Å². The molecule has 0 radical (unpaired) electrons. The highest BCUT2D eigenvalue weighted by atomic mass is 16.6. The molecule has 1 amide bonds. The number of nitrogens with zero attached hydrogens (tertiary/aromatic N) is 2. The first-order valence-corrected chi connectivity index (χ1v) is 10.2. The molecule has 1 aliphatic rings. The maximum absolute atomic E-state index is 11.8. The third kappa shape index (κ3) is 7.29. The first-order valence-electron chi connectivity index (χ1n) is 10.2. The highest BCUT2D eigenvalue weighted by Gasteiger charge is 2.24. The largest absolute Gasteiger partial charge is 0.491 e. The summed E-state index contributed by atoms with van der Waals surface area (Å²) in [4.78, 5) is 18.3. The predicted octanol–water partition coefficient (Wildman–Crippen LogP) is 3.15. The van der Waals surface area contributed by atoms with Gasteiger partial charge in [-0.15, -0.1) is 0 Å². The van der Waals surface area contributed by atoms with E-state index < -0.39 is 0 Å². The molecule has 0 aromatic heterocycles. The van der Waals surface area contributed by atoms with Gasteiger partial charge in [0, 0.05) is 25.7 Å². The fourth-order valence-corrected chi connectivity index (χ4v) is 3.09. The van der Waals surface area contributed by atoms with E-state index in [0.29, 0.717) is 32.3 Å². The highest BCUT2D eigenvalue weighted by molar-refractivity contribution is 5.80. The van der Waals surface area contributed by atoms with Gasteiger partial charge >= 0.3 is 6.09 Å². The van der Waals surface area contributed by atoms with Crippen LogP contribution in [0.4, 0.5) is 4.79 Å². The van der Waals surface area contributed by atoms with Gasteiger partial charge in [-0.05, 0) is 58.2 Å². The van der Waals surface area contributed by atoms with Crippen LogP contribution in [-0.4, -0.2) is 55.3 Å². The van der Waals surface area contributed by atoms with Crippen LogP contribution in [0.5, 0.6) is 5.75 Å². The Morgan fingerprint density at radius 2 is 2.04 bits per heavy atom. The maximum Gasteiger partial charge on any atom is 0.409 e. The van der Waals surface area contributed by atoms with E-state index in [1.165, 1.54) is 0 Å². The number of ether oxygens (including phenoxy) is 2. The average molecular weight is 391 g/mol. The lowest BCUT2D eigenvalue weighted by Gasteiger charge is -2.32. The van der Waals surface area contributed by atoms with Crippen LogP contribution in [0.1, 0.15) is 46.1 Å². The minimum Gasteiger partial charge on any atom is -0.491 e. The molecule has 0 saturated carbocycles. The van der Waals surface area contributed by atoms with Crippen molar-refractivity contribution < 1.29 is 14.3 Å². The molecule has 0 atom stereocenters. The van der Waals surface area contributed by atoms with Gasteiger partial charge in [-0.25, -0.2) is 9.79 Å². The van der Waals surface area contributed by atoms with Gasteiger partial charge in [0.1, 0.15) is 5.75 Å². The first kappa shape index (κ1) is 21.9. The second kappa shape index (κ2) is 11.4. The van der Waals surface area contributed by atoms with Gasteiger partial charge in [-0.2, -0.15) is 0 Å². The van der Waals surface area contributed by atoms with Crippen molar-refractivity contribution in [2.24, 2.45) is 4.99 Å². The number of aliphatic imine (C=N–C) groups is 1. The number of hydrogen-bond donors (Lipinski definition) is 2. The molecule has 0 unspecified atom stereocenters. The molecule has 7 nitrogen and oxygen atoms in total. The molecule has 0 bridgehead atoms. The van der Waals surface area contributed by atoms with Crippen LogP contribution in [0.3, 0.4) is 0 Å². The van der Waals surface area contributed by atoms with E-state index >= 15 is 0 Å². The third-order valence-corrected chi connectivity index (χ3v) is 4.40. The second-order valence-electron chi connectivity index (χ2n) is 7.11. The Morgan fingerprint density at radius 1 is 1.29 bits per heavy atom. The molecule has 1 aliphatic heterocycles. The van der Waals surface area contributed by atoms with Crippen LogP contribution in [0, 0.1) is 0 Å². The topological polar surface area (TPSA) is 75.2 Å². The molecule has 1 heterocycles. The summed E-state index contributed by atoms with van der Waals surface area (Å²) >= 11 is 0. The summed E-state index contributed by atoms with van der Waals surface area (Å²) in [5.41, 5.74) is 1.10. The van der Waals surface area contributed by atoms with Crippen LogP contribution in [0.25, 0.3) is 0 Å². The fourth-order valence-electron chi connectivity index (χ4n) is 3.09. The van der Waals surface area contributed by atoms with Gasteiger partial charge < -0.3 is 25.0 Å². The smallest absolute Gasteiger partial charge is 0.409 e. The Labute approximate surface area is 168 Å². The molecular weight excluding hydrogens is 356 g/mol. The second-order valence-corrected chi connectivity index (χ2v) is 7.11. The van der Waals surface area contributed by atoms with E-state index in [1.54, 1.807) is 4.90 Å². The standard InChI is InChI=1S/C21H34N4O3/c1-5-22-20(23-15-17-8-7-9-19(14-17)28-16(3)4)24-18-10-12-25(13-11-18)21(26)27-6-2/h7-9,14,16,18H,5-6,10-13,15H2,1-4H3,(H2,22,23,24). The SMILES string of the molecule is CCNC(=NCc1cccc(OC(C)C)c1)NC1CCN(C(=O)OCC)CC1. The van der Waals surface area contributed by atoms with Crippen LogP contribution < -0.4 is 15.4 Å². The highest BCUT2D eigenvalue weighted by Crippen LogP contribution is 2.16. The first-order chi connectivity index (χ1) is 13.5. The van der Waals surface area contributed by atoms with Crippen molar-refractivity contribution in [3.05, 3.63) is 29.8 Å². The number of guanidine groups is 1. The summed E-state index contributed by atoms with van der Waals surface area (Å²) < 4.78 is 10.8. The minimum absolute atomic E-state index is 0.151. The van der Waals surface area contributed by atoms with E-state index in [9.17, 15) is 4.79 Å². The van der Waals surface area contributed by atoms with Crippen molar-refractivity contribution in [3.63, 3.8) is 0 Å². The Hall–Kier alpha value is -2.44. The number of nitrogens with one attached hydrogen (secondary N) is 2. The number of amides is 1. The van der Waals surface area contributed by atoms with Gasteiger partial charge in [-0.3, -0.25) is 0 Å². The van der Waals surface area contributed by atoms with E-state index in [1.807, 2.05) is 39.0 Å². The van der Waals surface area contributed by atoms with Crippen LogP contribution in [0.2, 0.25) is 0 Å². The van der Waals surface area contributed by atoms with Gasteiger partial charge in [0.05, 0.1) is 19.3 Å². The minimum atomic E-state index is -0.218. The van der Waals surface area contributed by atoms with Crippen molar-refractivity contribution in [1.29, 1.82) is 0 Å². The lowest BCUT2D eigenvalue weighted by atomic mass is 10.1. The molecule has 1 fully saturated rings. The summed E-state index contributed by atoms with van der Waals surface area (Å²) in [7, 11) is 0. The predicted molar refractivity (Wildman–Crippen MR) is 112 cm³/mol. The van der Waals surface area contributed by atoms with Crippen LogP contribution in [-0.2, 0) is 11.3 Å². The molecule has 0 spiro atoms. The molecular formula is C21H34N4O3. The number of piperidine rings is 1. The lowest BCUT2D eigenvalue weighted by molar-refractivity contribution is 0.0963. The summed E-state index contributed by atoms with van der Waals surface area (Å²) in [6, 6.07) is 8.34. The monoisotopic (exact) mass is 390 g/mol. The summed E-state index contributed by atoms with van der Waals surface area (Å²) in [6.07, 6.45) is 1.69. The molecule has 28 heavy (non-hydrogen) atoms.